The number of benzene rings is 3. The van der Waals surface area contributed by atoms with Crippen molar-refractivity contribution < 1.29 is 33.1 Å². The number of carbonyl (C=O) groups excluding carboxylic acids is 5. The molecule has 0 aliphatic carbocycles. The quantitative estimate of drug-likeness (QED) is 0.211. The molecule has 1 unspecified atom stereocenters. The third-order valence-electron chi connectivity index (χ3n) is 10.4. The molecule has 2 aromatic heterocycles. The molecule has 3 aliphatic heterocycles. The van der Waals surface area contributed by atoms with Gasteiger partial charge >= 0.3 is 0 Å². The summed E-state index contributed by atoms with van der Waals surface area (Å²) in [6, 6.07) is 16.3. The number of hydrogen-bond acceptors (Lipinski definition) is 11. The number of likely N-dealkylation sites (N-methyl/N-ethyl adjacent to an activating group) is 1. The Balaban J connectivity index is 0.870. The van der Waals surface area contributed by atoms with E-state index in [9.17, 15) is 28.4 Å². The van der Waals surface area contributed by atoms with E-state index >= 15 is 0 Å². The molecule has 5 heterocycles. The zero-order valence-electron chi connectivity index (χ0n) is 30.0. The first-order chi connectivity index (χ1) is 26.6. The molecule has 55 heavy (non-hydrogen) atoms. The van der Waals surface area contributed by atoms with Crippen LogP contribution in [0.15, 0.2) is 66.9 Å². The standard InChI is InChI=1S/C39H36FN9O6/c1-46-30(50)14-13-28(38(46)53)49-37(52)24-5-3-7-26(32(24)39(49)54)41-16-15-31(51)48-19-17-47(18-20-48)23-11-9-22(10-12-23)34-35-27(44-45-34)21-42-36(43-35)33-25(40)6-4-8-29(33)55-2/h3-12,21,28,41H,13-20H2,1-2H3,(H,44,45). The summed E-state index contributed by atoms with van der Waals surface area (Å²) in [4.78, 5) is 79.6. The molecule has 5 aromatic rings. The molecule has 0 radical (unpaired) electrons. The number of halogens is 1. The summed E-state index contributed by atoms with van der Waals surface area (Å²) in [5, 5.41) is 10.6. The van der Waals surface area contributed by atoms with Crippen LogP contribution >= 0.6 is 0 Å². The number of nitrogens with one attached hydrogen (secondary N) is 2. The first-order valence-electron chi connectivity index (χ1n) is 17.9. The number of carbonyl (C=O) groups is 5. The number of anilines is 2. The number of imide groups is 2. The number of ether oxygens (including phenoxy) is 1. The maximum absolute atomic E-state index is 14.8. The van der Waals surface area contributed by atoms with E-state index in [1.807, 2.05) is 29.2 Å². The summed E-state index contributed by atoms with van der Waals surface area (Å²) in [5.41, 5.74) is 4.49. The van der Waals surface area contributed by atoms with Gasteiger partial charge in [0.05, 0.1) is 30.0 Å². The first-order valence-corrected chi connectivity index (χ1v) is 17.9. The first kappa shape index (κ1) is 35.3. The Bertz CT molecular complexity index is 2370. The molecule has 1 atom stereocenters. The molecule has 5 amide bonds. The van der Waals surface area contributed by atoms with Gasteiger partial charge in [-0.2, -0.15) is 5.10 Å². The van der Waals surface area contributed by atoms with Gasteiger partial charge in [0.2, 0.25) is 11.8 Å². The van der Waals surface area contributed by atoms with Gasteiger partial charge in [0, 0.05) is 69.6 Å². The van der Waals surface area contributed by atoms with E-state index in [0.717, 1.165) is 21.1 Å². The Morgan fingerprint density at radius 2 is 1.73 bits per heavy atom. The Morgan fingerprint density at radius 3 is 2.49 bits per heavy atom. The van der Waals surface area contributed by atoms with Crippen molar-refractivity contribution >= 4 is 51.9 Å². The zero-order chi connectivity index (χ0) is 38.4. The smallest absolute Gasteiger partial charge is 0.264 e. The van der Waals surface area contributed by atoms with Crippen LogP contribution in [0.4, 0.5) is 15.8 Å². The lowest BCUT2D eigenvalue weighted by Crippen LogP contribution is -2.54. The number of methoxy groups -OCH3 is 1. The third kappa shape index (κ3) is 6.28. The molecule has 2 saturated heterocycles. The number of rotatable bonds is 9. The Morgan fingerprint density at radius 1 is 0.964 bits per heavy atom. The van der Waals surface area contributed by atoms with Crippen LogP contribution in [-0.2, 0) is 14.4 Å². The Kier molecular flexibility index (Phi) is 9.16. The summed E-state index contributed by atoms with van der Waals surface area (Å²) in [6.45, 7) is 2.55. The van der Waals surface area contributed by atoms with E-state index in [1.54, 1.807) is 30.5 Å². The molecule has 16 heteroatoms. The summed E-state index contributed by atoms with van der Waals surface area (Å²) in [5.74, 6) is -2.12. The highest BCUT2D eigenvalue weighted by molar-refractivity contribution is 6.25. The van der Waals surface area contributed by atoms with Crippen LogP contribution in [0.5, 0.6) is 5.75 Å². The van der Waals surface area contributed by atoms with Crippen molar-refractivity contribution in [3.63, 3.8) is 0 Å². The molecule has 2 fully saturated rings. The van der Waals surface area contributed by atoms with Crippen LogP contribution in [0.3, 0.4) is 0 Å². The van der Waals surface area contributed by atoms with Gasteiger partial charge in [-0.05, 0) is 42.8 Å². The van der Waals surface area contributed by atoms with Gasteiger partial charge in [0.25, 0.3) is 17.7 Å². The third-order valence-corrected chi connectivity index (χ3v) is 10.4. The summed E-state index contributed by atoms with van der Waals surface area (Å²) < 4.78 is 20.1. The molecular weight excluding hydrogens is 709 g/mol. The Labute approximate surface area is 314 Å². The van der Waals surface area contributed by atoms with Crippen molar-refractivity contribution in [2.75, 3.05) is 57.1 Å². The number of aromatic nitrogens is 4. The molecule has 0 bridgehead atoms. The number of piperazine rings is 1. The monoisotopic (exact) mass is 745 g/mol. The molecule has 3 aliphatic rings. The maximum Gasteiger partial charge on any atom is 0.264 e. The normalized spacial score (nSPS) is 17.3. The van der Waals surface area contributed by atoms with Gasteiger partial charge < -0.3 is 19.9 Å². The van der Waals surface area contributed by atoms with Crippen LogP contribution in [-0.4, -0.2) is 117 Å². The molecule has 3 aromatic carbocycles. The predicted molar refractivity (Wildman–Crippen MR) is 199 cm³/mol. The number of piperidine rings is 1. The van der Waals surface area contributed by atoms with Crippen LogP contribution in [0.25, 0.3) is 33.7 Å². The minimum Gasteiger partial charge on any atom is -0.496 e. The van der Waals surface area contributed by atoms with Gasteiger partial charge in [-0.3, -0.25) is 38.9 Å². The maximum atomic E-state index is 14.8. The van der Waals surface area contributed by atoms with Gasteiger partial charge in [-0.15, -0.1) is 0 Å². The highest BCUT2D eigenvalue weighted by Gasteiger charge is 2.47. The molecule has 15 nitrogen and oxygen atoms in total. The second-order valence-electron chi connectivity index (χ2n) is 13.5. The fourth-order valence-electron chi connectivity index (χ4n) is 7.40. The van der Waals surface area contributed by atoms with E-state index in [1.165, 1.54) is 26.3 Å². The number of H-pyrrole nitrogens is 1. The lowest BCUT2D eigenvalue weighted by atomic mass is 10.0. The molecular formula is C39H36FN9O6. The van der Waals surface area contributed by atoms with Crippen molar-refractivity contribution in [3.8, 4) is 28.4 Å². The van der Waals surface area contributed by atoms with E-state index < -0.39 is 29.6 Å². The molecule has 0 spiro atoms. The van der Waals surface area contributed by atoms with Crippen molar-refractivity contribution in [1.82, 2.24) is 34.9 Å². The summed E-state index contributed by atoms with van der Waals surface area (Å²) in [6.07, 6.45) is 1.89. The van der Waals surface area contributed by atoms with Crippen molar-refractivity contribution in [1.29, 1.82) is 0 Å². The van der Waals surface area contributed by atoms with Gasteiger partial charge in [0.15, 0.2) is 5.82 Å². The second kappa shape index (κ2) is 14.3. The van der Waals surface area contributed by atoms with Crippen LogP contribution in [0, 0.1) is 5.82 Å². The van der Waals surface area contributed by atoms with E-state index in [0.29, 0.717) is 54.3 Å². The number of nitrogens with zero attached hydrogens (tertiary/aromatic N) is 7. The summed E-state index contributed by atoms with van der Waals surface area (Å²) >= 11 is 0. The van der Waals surface area contributed by atoms with Gasteiger partial charge in [-0.25, -0.2) is 14.4 Å². The summed E-state index contributed by atoms with van der Waals surface area (Å²) in [7, 11) is 2.82. The van der Waals surface area contributed by atoms with E-state index in [4.69, 9.17) is 4.74 Å². The Hall–Kier alpha value is -6.71. The minimum atomic E-state index is -1.04. The van der Waals surface area contributed by atoms with Crippen molar-refractivity contribution in [3.05, 3.63) is 83.8 Å². The SMILES string of the molecule is COc1cccc(F)c1-c1ncc2[nH]nc(-c3ccc(N4CCN(C(=O)CCNc5cccc6c5C(=O)N(C5CCC(=O)N(C)C5=O)C6=O)CC4)cc3)c2n1. The molecule has 0 saturated carbocycles. The average Bonchev–Trinajstić information content (AvgIpc) is 3.74. The van der Waals surface area contributed by atoms with E-state index in [2.05, 4.69) is 30.4 Å². The number of aromatic amines is 1. The number of amides is 5. The minimum absolute atomic E-state index is 0.0422. The number of fused-ring (bicyclic) bond motifs is 2. The zero-order valence-corrected chi connectivity index (χ0v) is 30.0. The van der Waals surface area contributed by atoms with Crippen LogP contribution in [0.1, 0.15) is 40.0 Å². The van der Waals surface area contributed by atoms with Crippen LogP contribution < -0.4 is 15.0 Å². The van der Waals surface area contributed by atoms with Crippen molar-refractivity contribution in [2.45, 2.75) is 25.3 Å². The molecule has 280 valence electrons. The average molecular weight is 746 g/mol. The van der Waals surface area contributed by atoms with Gasteiger partial charge in [0.1, 0.15) is 34.3 Å². The van der Waals surface area contributed by atoms with E-state index in [-0.39, 0.29) is 60.1 Å². The van der Waals surface area contributed by atoms with Crippen LogP contribution in [0.2, 0.25) is 0 Å². The highest BCUT2D eigenvalue weighted by atomic mass is 19.1. The van der Waals surface area contributed by atoms with Crippen molar-refractivity contribution in [2.24, 2.45) is 0 Å². The number of hydrogen-bond donors (Lipinski definition) is 2. The molecule has 8 rings (SSSR count). The fraction of sp³-hybridized carbons (Fsp3) is 0.282. The topological polar surface area (TPSA) is 174 Å². The second-order valence-corrected chi connectivity index (χ2v) is 13.5. The molecule has 2 N–H and O–H groups in total. The highest BCUT2D eigenvalue weighted by Crippen LogP contribution is 2.35. The van der Waals surface area contributed by atoms with Gasteiger partial charge in [-0.1, -0.05) is 24.3 Å². The predicted octanol–water partition coefficient (Wildman–Crippen LogP) is 3.73. The fourth-order valence-corrected chi connectivity index (χ4v) is 7.40. The lowest BCUT2D eigenvalue weighted by molar-refractivity contribution is -0.149. The lowest BCUT2D eigenvalue weighted by Gasteiger charge is -2.36. The largest absolute Gasteiger partial charge is 0.496 e. The number of likely N-dealkylation sites (tertiary alicyclic amines) is 1.